The van der Waals surface area contributed by atoms with E-state index in [1.54, 1.807) is 7.05 Å². The number of aromatic nitrogens is 1. The molecule has 8 nitrogen and oxygen atoms in total. The highest BCUT2D eigenvalue weighted by molar-refractivity contribution is 5.84. The topological polar surface area (TPSA) is 101 Å². The van der Waals surface area contributed by atoms with Gasteiger partial charge in [0, 0.05) is 37.8 Å². The molecule has 2 aromatic rings. The van der Waals surface area contributed by atoms with Gasteiger partial charge in [0.1, 0.15) is 5.76 Å². The van der Waals surface area contributed by atoms with E-state index in [0.717, 1.165) is 35.4 Å². The molecule has 0 radical (unpaired) electrons. The molecule has 0 atom stereocenters. The first-order valence-electron chi connectivity index (χ1n) is 8.95. The second-order valence-corrected chi connectivity index (χ2v) is 5.83. The Bertz CT molecular complexity index is 747. The fourth-order valence-corrected chi connectivity index (χ4v) is 2.59. The summed E-state index contributed by atoms with van der Waals surface area (Å²) in [7, 11) is 3.06. The molecule has 0 aliphatic heterocycles. The number of carbonyl (C=O) groups is 1. The van der Waals surface area contributed by atoms with Gasteiger partial charge in [-0.1, -0.05) is 31.1 Å². The van der Waals surface area contributed by atoms with Gasteiger partial charge in [0.2, 0.25) is 0 Å². The molecular weight excluding hydrogens is 346 g/mol. The molecule has 0 aliphatic carbocycles. The van der Waals surface area contributed by atoms with Crippen molar-refractivity contribution in [3.63, 3.8) is 0 Å². The van der Waals surface area contributed by atoms with Crippen molar-refractivity contribution in [2.75, 3.05) is 19.5 Å². The Hall–Kier alpha value is -3.03. The van der Waals surface area contributed by atoms with Crippen LogP contribution in [0, 0.1) is 0 Å². The zero-order valence-electron chi connectivity index (χ0n) is 16.3. The van der Waals surface area contributed by atoms with E-state index in [2.05, 4.69) is 44.7 Å². The number of carbonyl (C=O) groups excluding carboxylic acids is 1. The minimum atomic E-state index is -0.489. The number of nitrogens with one attached hydrogen (secondary N) is 3. The number of methoxy groups -OCH3 is 1. The lowest BCUT2D eigenvalue weighted by Gasteiger charge is -2.12. The summed E-state index contributed by atoms with van der Waals surface area (Å²) < 4.78 is 9.96. The number of nitrogens with zero attached hydrogens (tertiary/aromatic N) is 2. The van der Waals surface area contributed by atoms with Crippen LogP contribution in [0.3, 0.4) is 0 Å². The number of ether oxygens (including phenoxy) is 1. The Labute approximate surface area is 159 Å². The van der Waals surface area contributed by atoms with Gasteiger partial charge in [0.25, 0.3) is 0 Å². The average Bonchev–Trinajstić information content (AvgIpc) is 3.11. The van der Waals surface area contributed by atoms with Crippen molar-refractivity contribution in [3.8, 4) is 0 Å². The van der Waals surface area contributed by atoms with Gasteiger partial charge in [0.15, 0.2) is 5.96 Å². The van der Waals surface area contributed by atoms with Crippen molar-refractivity contribution in [2.45, 2.75) is 39.8 Å². The molecule has 0 spiro atoms. The number of rotatable bonds is 7. The maximum atomic E-state index is 11.2. The molecule has 146 valence electrons. The smallest absolute Gasteiger partial charge is 0.411 e. The third kappa shape index (κ3) is 5.73. The predicted octanol–water partition coefficient (Wildman–Crippen LogP) is 2.84. The number of amides is 1. The molecule has 0 saturated heterocycles. The Kier molecular flexibility index (Phi) is 7.66. The SMILES string of the molecule is CCc1noc(CC)c1CNC(=NC)NCc1ccc(NC(=O)OC)cc1. The van der Waals surface area contributed by atoms with Crippen molar-refractivity contribution < 1.29 is 14.1 Å². The third-order valence-electron chi connectivity index (χ3n) is 4.11. The lowest BCUT2D eigenvalue weighted by atomic mass is 10.1. The Morgan fingerprint density at radius 3 is 2.44 bits per heavy atom. The number of anilines is 1. The van der Waals surface area contributed by atoms with Crippen LogP contribution in [0.1, 0.15) is 36.4 Å². The largest absolute Gasteiger partial charge is 0.453 e. The molecule has 0 aliphatic rings. The van der Waals surface area contributed by atoms with Gasteiger partial charge in [-0.05, 0) is 24.1 Å². The number of hydrogen-bond acceptors (Lipinski definition) is 5. The van der Waals surface area contributed by atoms with E-state index in [4.69, 9.17) is 4.52 Å². The molecule has 2 rings (SSSR count). The van der Waals surface area contributed by atoms with Gasteiger partial charge in [-0.15, -0.1) is 0 Å². The van der Waals surface area contributed by atoms with E-state index in [9.17, 15) is 4.79 Å². The zero-order valence-corrected chi connectivity index (χ0v) is 16.3. The molecule has 1 aromatic carbocycles. The first-order chi connectivity index (χ1) is 13.1. The first kappa shape index (κ1) is 20.3. The van der Waals surface area contributed by atoms with E-state index < -0.39 is 6.09 Å². The van der Waals surface area contributed by atoms with Gasteiger partial charge in [-0.2, -0.15) is 0 Å². The lowest BCUT2D eigenvalue weighted by Crippen LogP contribution is -2.36. The molecule has 8 heteroatoms. The summed E-state index contributed by atoms with van der Waals surface area (Å²) in [5, 5.41) is 13.3. The standard InChI is InChI=1S/C19H27N5O3/c1-5-16-15(17(6-2)27-24-16)12-22-18(20-3)21-11-13-7-9-14(10-8-13)23-19(25)26-4/h7-10H,5-6,11-12H2,1-4H3,(H,23,25)(H2,20,21,22). The summed E-state index contributed by atoms with van der Waals surface area (Å²) in [5.74, 6) is 1.60. The average molecular weight is 373 g/mol. The second kappa shape index (κ2) is 10.2. The van der Waals surface area contributed by atoms with E-state index in [-0.39, 0.29) is 0 Å². The normalized spacial score (nSPS) is 11.2. The summed E-state index contributed by atoms with van der Waals surface area (Å²) in [6.07, 6.45) is 1.15. The number of guanidine groups is 1. The second-order valence-electron chi connectivity index (χ2n) is 5.83. The van der Waals surface area contributed by atoms with Gasteiger partial charge in [0.05, 0.1) is 12.8 Å². The van der Waals surface area contributed by atoms with Crippen LogP contribution >= 0.6 is 0 Å². The predicted molar refractivity (Wildman–Crippen MR) is 105 cm³/mol. The summed E-state index contributed by atoms with van der Waals surface area (Å²) in [5.41, 5.74) is 3.81. The van der Waals surface area contributed by atoms with Crippen LogP contribution in [-0.2, 0) is 30.7 Å². The van der Waals surface area contributed by atoms with Crippen LogP contribution in [0.5, 0.6) is 0 Å². The summed E-state index contributed by atoms with van der Waals surface area (Å²) in [4.78, 5) is 15.5. The molecule has 1 aromatic heterocycles. The van der Waals surface area contributed by atoms with E-state index >= 15 is 0 Å². The van der Waals surface area contributed by atoms with Crippen molar-refractivity contribution in [3.05, 3.63) is 46.8 Å². The van der Waals surface area contributed by atoms with Crippen LogP contribution in [0.25, 0.3) is 0 Å². The molecule has 3 N–H and O–H groups in total. The van der Waals surface area contributed by atoms with Crippen LogP contribution < -0.4 is 16.0 Å². The number of benzene rings is 1. The molecule has 0 unspecified atom stereocenters. The Balaban J connectivity index is 1.89. The molecular formula is C19H27N5O3. The van der Waals surface area contributed by atoms with Gasteiger partial charge >= 0.3 is 6.09 Å². The van der Waals surface area contributed by atoms with Crippen LogP contribution in [-0.4, -0.2) is 31.4 Å². The number of aryl methyl sites for hydroxylation is 2. The lowest BCUT2D eigenvalue weighted by molar-refractivity contribution is 0.187. The Morgan fingerprint density at radius 2 is 1.85 bits per heavy atom. The van der Waals surface area contributed by atoms with Gasteiger partial charge in [-0.25, -0.2) is 4.79 Å². The first-order valence-corrected chi connectivity index (χ1v) is 8.95. The highest BCUT2D eigenvalue weighted by Gasteiger charge is 2.13. The van der Waals surface area contributed by atoms with E-state index in [0.29, 0.717) is 24.7 Å². The maximum absolute atomic E-state index is 11.2. The van der Waals surface area contributed by atoms with E-state index in [1.165, 1.54) is 7.11 Å². The van der Waals surface area contributed by atoms with Gasteiger partial charge < -0.3 is 19.9 Å². The van der Waals surface area contributed by atoms with Crippen LogP contribution in [0.15, 0.2) is 33.8 Å². The summed E-state index contributed by atoms with van der Waals surface area (Å²) in [6, 6.07) is 7.50. The number of aliphatic imine (C=N–C) groups is 1. The van der Waals surface area contributed by atoms with Crippen LogP contribution in [0.4, 0.5) is 10.5 Å². The van der Waals surface area contributed by atoms with Crippen molar-refractivity contribution in [1.82, 2.24) is 15.8 Å². The highest BCUT2D eigenvalue weighted by atomic mass is 16.5. The van der Waals surface area contributed by atoms with Gasteiger partial charge in [-0.3, -0.25) is 10.3 Å². The molecule has 0 saturated carbocycles. The minimum Gasteiger partial charge on any atom is -0.453 e. The zero-order chi connectivity index (χ0) is 19.6. The van der Waals surface area contributed by atoms with Crippen LogP contribution in [0.2, 0.25) is 0 Å². The third-order valence-corrected chi connectivity index (χ3v) is 4.11. The van der Waals surface area contributed by atoms with Crippen molar-refractivity contribution in [1.29, 1.82) is 0 Å². The molecule has 1 heterocycles. The van der Waals surface area contributed by atoms with Crippen molar-refractivity contribution >= 4 is 17.7 Å². The molecule has 0 bridgehead atoms. The summed E-state index contributed by atoms with van der Waals surface area (Å²) in [6.45, 7) is 5.32. The molecule has 1 amide bonds. The fraction of sp³-hybridized carbons (Fsp3) is 0.421. The maximum Gasteiger partial charge on any atom is 0.411 e. The number of hydrogen-bond donors (Lipinski definition) is 3. The van der Waals surface area contributed by atoms with Crippen molar-refractivity contribution in [2.24, 2.45) is 4.99 Å². The monoisotopic (exact) mass is 373 g/mol. The van der Waals surface area contributed by atoms with E-state index in [1.807, 2.05) is 24.3 Å². The molecule has 27 heavy (non-hydrogen) atoms. The fourth-order valence-electron chi connectivity index (χ4n) is 2.59. The quantitative estimate of drug-likeness (QED) is 0.510. The highest BCUT2D eigenvalue weighted by Crippen LogP contribution is 2.15. The Morgan fingerprint density at radius 1 is 1.15 bits per heavy atom. The summed E-state index contributed by atoms with van der Waals surface area (Å²) >= 11 is 0. The molecule has 0 fully saturated rings. The minimum absolute atomic E-state index is 0.489.